The normalized spacial score (nSPS) is 19.6. The molecule has 1 amide bonds. The van der Waals surface area contributed by atoms with Crippen molar-refractivity contribution in [3.8, 4) is 11.3 Å². The van der Waals surface area contributed by atoms with Gasteiger partial charge in [0.1, 0.15) is 24.0 Å². The lowest BCUT2D eigenvalue weighted by Gasteiger charge is -2.37. The molecule has 16 nitrogen and oxygen atoms in total. The van der Waals surface area contributed by atoms with Crippen LogP contribution in [0.1, 0.15) is 49.1 Å². The van der Waals surface area contributed by atoms with E-state index in [2.05, 4.69) is 25.9 Å². The number of aliphatic carboxylic acids is 1. The van der Waals surface area contributed by atoms with E-state index >= 15 is 0 Å². The summed E-state index contributed by atoms with van der Waals surface area (Å²) in [6, 6.07) is 6.28. The fraction of sp³-hybridized carbons (Fsp3) is 0.444. The SMILES string of the molecule is C[C@H]1[C@H]([C@H](O)[C@H](O)CO)OC(C(=O)O)=C[C@@H]1n1cc(-c2ccccc2NC(=O)CCCCCn2cc(C(=O)O)nn2)nn1. The molecule has 1 aliphatic heterocycles. The van der Waals surface area contributed by atoms with Crippen molar-refractivity contribution in [3.05, 3.63) is 54.2 Å². The highest BCUT2D eigenvalue weighted by atomic mass is 16.5. The van der Waals surface area contributed by atoms with Gasteiger partial charge in [-0.2, -0.15) is 0 Å². The van der Waals surface area contributed by atoms with E-state index in [1.54, 1.807) is 37.4 Å². The van der Waals surface area contributed by atoms with Crippen molar-refractivity contribution < 1.29 is 44.7 Å². The minimum absolute atomic E-state index is 0.122. The number of nitrogens with zero attached hydrogens (tertiary/aromatic N) is 6. The number of aromatic carboxylic acids is 1. The second kappa shape index (κ2) is 14.0. The lowest BCUT2D eigenvalue weighted by Crippen LogP contribution is -2.48. The number of carbonyl (C=O) groups excluding carboxylic acids is 1. The first-order valence-electron chi connectivity index (χ1n) is 13.6. The van der Waals surface area contributed by atoms with E-state index in [0.29, 0.717) is 42.8 Å². The number of hydrogen-bond donors (Lipinski definition) is 6. The maximum absolute atomic E-state index is 12.7. The predicted octanol–water partition coefficient (Wildman–Crippen LogP) is 0.692. The number of carbonyl (C=O) groups is 3. The number of aliphatic hydroxyl groups excluding tert-OH is 3. The molecule has 4 rings (SSSR count). The number of carboxylic acids is 2. The van der Waals surface area contributed by atoms with E-state index in [1.165, 1.54) is 21.6 Å². The van der Waals surface area contributed by atoms with E-state index in [1.807, 2.05) is 0 Å². The van der Waals surface area contributed by atoms with E-state index in [4.69, 9.17) is 9.84 Å². The van der Waals surface area contributed by atoms with Crippen molar-refractivity contribution in [3.63, 3.8) is 0 Å². The third-order valence-electron chi connectivity index (χ3n) is 7.11. The summed E-state index contributed by atoms with van der Waals surface area (Å²) in [5.41, 5.74) is 1.37. The Morgan fingerprint density at radius 2 is 1.79 bits per heavy atom. The number of anilines is 1. The first-order chi connectivity index (χ1) is 20.6. The van der Waals surface area contributed by atoms with Gasteiger partial charge in [0, 0.05) is 24.4 Å². The summed E-state index contributed by atoms with van der Waals surface area (Å²) in [4.78, 5) is 35.3. The van der Waals surface area contributed by atoms with Gasteiger partial charge in [-0.1, -0.05) is 42.0 Å². The Morgan fingerprint density at radius 3 is 2.49 bits per heavy atom. The molecule has 0 spiro atoms. The highest BCUT2D eigenvalue weighted by Crippen LogP contribution is 2.35. The van der Waals surface area contributed by atoms with Gasteiger partial charge in [-0.25, -0.2) is 14.3 Å². The van der Waals surface area contributed by atoms with Crippen molar-refractivity contribution in [1.82, 2.24) is 30.0 Å². The van der Waals surface area contributed by atoms with Crippen LogP contribution in [0.25, 0.3) is 11.3 Å². The molecule has 6 N–H and O–H groups in total. The molecule has 5 atom stereocenters. The number of amides is 1. The molecular formula is C27H33N7O9. The second-order valence-corrected chi connectivity index (χ2v) is 10.2. The summed E-state index contributed by atoms with van der Waals surface area (Å²) >= 11 is 0. The van der Waals surface area contributed by atoms with Crippen LogP contribution in [-0.2, 0) is 20.9 Å². The molecule has 0 unspecified atom stereocenters. The molecule has 0 fully saturated rings. The minimum Gasteiger partial charge on any atom is -0.480 e. The number of ether oxygens (including phenoxy) is 1. The smallest absolute Gasteiger partial charge is 0.370 e. The number of allylic oxidation sites excluding steroid dienone is 1. The molecule has 0 saturated carbocycles. The number of benzene rings is 1. The first-order valence-corrected chi connectivity index (χ1v) is 13.6. The van der Waals surface area contributed by atoms with Gasteiger partial charge < -0.3 is 35.6 Å². The Hall–Kier alpha value is -4.67. The zero-order valence-electron chi connectivity index (χ0n) is 23.2. The molecule has 3 heterocycles. The van der Waals surface area contributed by atoms with Gasteiger partial charge in [0.2, 0.25) is 11.7 Å². The van der Waals surface area contributed by atoms with Gasteiger partial charge in [-0.05, 0) is 25.0 Å². The van der Waals surface area contributed by atoms with E-state index in [9.17, 15) is 34.8 Å². The Bertz CT molecular complexity index is 1470. The zero-order chi connectivity index (χ0) is 31.1. The van der Waals surface area contributed by atoms with Gasteiger partial charge in [-0.15, -0.1) is 10.2 Å². The third-order valence-corrected chi connectivity index (χ3v) is 7.11. The van der Waals surface area contributed by atoms with Crippen LogP contribution in [0.5, 0.6) is 0 Å². The van der Waals surface area contributed by atoms with Crippen LogP contribution >= 0.6 is 0 Å². The van der Waals surface area contributed by atoms with E-state index in [0.717, 1.165) is 0 Å². The van der Waals surface area contributed by atoms with Crippen LogP contribution in [-0.4, -0.2) is 98.3 Å². The summed E-state index contributed by atoms with van der Waals surface area (Å²) in [6.07, 6.45) is 2.28. The fourth-order valence-electron chi connectivity index (χ4n) is 4.76. The lowest BCUT2D eigenvalue weighted by molar-refractivity contribution is -0.148. The van der Waals surface area contributed by atoms with Crippen LogP contribution in [0.3, 0.4) is 0 Å². The van der Waals surface area contributed by atoms with Crippen molar-refractivity contribution in [2.75, 3.05) is 11.9 Å². The number of rotatable bonds is 14. The van der Waals surface area contributed by atoms with E-state index < -0.39 is 54.6 Å². The predicted molar refractivity (Wildman–Crippen MR) is 147 cm³/mol. The summed E-state index contributed by atoms with van der Waals surface area (Å²) in [6.45, 7) is 1.43. The summed E-state index contributed by atoms with van der Waals surface area (Å²) in [5, 5.41) is 66.7. The van der Waals surface area contributed by atoms with Crippen LogP contribution in [0.4, 0.5) is 5.69 Å². The van der Waals surface area contributed by atoms with Gasteiger partial charge in [0.15, 0.2) is 5.69 Å². The molecule has 1 aromatic carbocycles. The molecule has 3 aromatic rings. The summed E-state index contributed by atoms with van der Waals surface area (Å²) in [5.74, 6) is -3.73. The molecular weight excluding hydrogens is 566 g/mol. The Labute approximate surface area is 245 Å². The number of hydrogen-bond acceptors (Lipinski definition) is 11. The largest absolute Gasteiger partial charge is 0.480 e. The number of aliphatic hydroxyl groups is 3. The fourth-order valence-corrected chi connectivity index (χ4v) is 4.76. The number of nitrogens with one attached hydrogen (secondary N) is 1. The number of carboxylic acid groups (broad SMARTS) is 2. The van der Waals surface area contributed by atoms with Crippen LogP contribution < -0.4 is 5.32 Å². The van der Waals surface area contributed by atoms with Crippen LogP contribution in [0.15, 0.2) is 48.5 Å². The van der Waals surface area contributed by atoms with Crippen molar-refractivity contribution in [1.29, 1.82) is 0 Å². The minimum atomic E-state index is -1.56. The molecule has 0 aliphatic carbocycles. The number of unbranched alkanes of at least 4 members (excludes halogenated alkanes) is 2. The highest BCUT2D eigenvalue weighted by Gasteiger charge is 2.41. The number of aromatic nitrogens is 6. The summed E-state index contributed by atoms with van der Waals surface area (Å²) < 4.78 is 8.31. The average molecular weight is 600 g/mol. The third kappa shape index (κ3) is 7.59. The molecule has 0 bridgehead atoms. The van der Waals surface area contributed by atoms with Crippen molar-refractivity contribution in [2.24, 2.45) is 5.92 Å². The monoisotopic (exact) mass is 599 g/mol. The maximum atomic E-state index is 12.7. The molecule has 0 radical (unpaired) electrons. The summed E-state index contributed by atoms with van der Waals surface area (Å²) in [7, 11) is 0. The Morgan fingerprint density at radius 1 is 1.02 bits per heavy atom. The molecule has 1 aliphatic rings. The highest BCUT2D eigenvalue weighted by molar-refractivity contribution is 5.95. The van der Waals surface area contributed by atoms with E-state index in [-0.39, 0.29) is 18.0 Å². The van der Waals surface area contributed by atoms with Gasteiger partial charge in [0.25, 0.3) is 0 Å². The number of para-hydroxylation sites is 1. The van der Waals surface area contributed by atoms with Gasteiger partial charge in [0.05, 0.1) is 30.7 Å². The molecule has 0 saturated heterocycles. The lowest BCUT2D eigenvalue weighted by atomic mass is 9.87. The van der Waals surface area contributed by atoms with Crippen LogP contribution in [0, 0.1) is 5.92 Å². The van der Waals surface area contributed by atoms with Gasteiger partial charge >= 0.3 is 11.9 Å². The Balaban J connectivity index is 1.40. The van der Waals surface area contributed by atoms with Crippen LogP contribution in [0.2, 0.25) is 0 Å². The molecule has 2 aromatic heterocycles. The standard InChI is InChI=1S/C27H33N7O9/c1-15-20(11-22(27(41)42)43-25(15)24(38)21(36)14-35)34-13-18(29-32-34)16-7-4-5-8-17(16)28-23(37)9-3-2-6-10-33-12-19(26(39)40)30-31-33/h4-5,7-8,11-13,15,20-21,24-25,35-36,38H,2-3,6,9-10,14H2,1H3,(H,28,37)(H,39,40)(H,41,42)/t15-,20+,21-,24-,25-/m1/s1. The quantitative estimate of drug-likeness (QED) is 0.140. The maximum Gasteiger partial charge on any atom is 0.370 e. The molecule has 43 heavy (non-hydrogen) atoms. The molecule has 16 heteroatoms. The van der Waals surface area contributed by atoms with Crippen molar-refractivity contribution in [2.45, 2.75) is 63.5 Å². The van der Waals surface area contributed by atoms with Crippen molar-refractivity contribution >= 4 is 23.5 Å². The average Bonchev–Trinajstić information content (AvgIpc) is 3.67. The topological polar surface area (TPSA) is 235 Å². The first kappa shape index (κ1) is 31.3. The second-order valence-electron chi connectivity index (χ2n) is 10.2. The number of aryl methyl sites for hydroxylation is 1. The zero-order valence-corrected chi connectivity index (χ0v) is 23.2. The molecule has 230 valence electrons. The van der Waals surface area contributed by atoms with Gasteiger partial charge in [-0.3, -0.25) is 9.48 Å². The Kier molecular flexibility index (Phi) is 10.2.